The number of ether oxygens (including phenoxy) is 1. The molecule has 0 aromatic heterocycles. The fourth-order valence-electron chi connectivity index (χ4n) is 3.12. The monoisotopic (exact) mass is 258 g/mol. The first-order valence-electron chi connectivity index (χ1n) is 7.54. The highest BCUT2D eigenvalue weighted by atomic mass is 16.5. The Balaban J connectivity index is 2.44. The lowest BCUT2D eigenvalue weighted by Crippen LogP contribution is -2.34. The van der Waals surface area contributed by atoms with Gasteiger partial charge in [0.1, 0.15) is 0 Å². The molecule has 108 valence electrons. The molecule has 3 atom stereocenters. The second-order valence-corrected chi connectivity index (χ2v) is 5.89. The standard InChI is InChI=1S/C15H30O3/c1-12(2)18-15-11-13(5-3-9-16)7-8-14(15)6-4-10-17/h12-17H,3-11H2,1-2H3. The van der Waals surface area contributed by atoms with E-state index in [1.54, 1.807) is 0 Å². The molecule has 1 aliphatic rings. The Bertz CT molecular complexity index is 206. The van der Waals surface area contributed by atoms with Crippen molar-refractivity contribution in [1.29, 1.82) is 0 Å². The van der Waals surface area contributed by atoms with E-state index in [-0.39, 0.29) is 6.10 Å². The van der Waals surface area contributed by atoms with E-state index in [2.05, 4.69) is 13.8 Å². The molecule has 3 unspecified atom stereocenters. The Morgan fingerprint density at radius 3 is 2.33 bits per heavy atom. The second kappa shape index (κ2) is 8.89. The van der Waals surface area contributed by atoms with Crippen LogP contribution in [-0.4, -0.2) is 35.6 Å². The molecule has 1 rings (SSSR count). The van der Waals surface area contributed by atoms with Gasteiger partial charge in [-0.1, -0.05) is 0 Å². The maximum absolute atomic E-state index is 8.96. The molecule has 3 heteroatoms. The fraction of sp³-hybridized carbons (Fsp3) is 1.00. The van der Waals surface area contributed by atoms with E-state index in [0.717, 1.165) is 32.1 Å². The van der Waals surface area contributed by atoms with Crippen LogP contribution in [0.3, 0.4) is 0 Å². The van der Waals surface area contributed by atoms with Crippen LogP contribution in [0.25, 0.3) is 0 Å². The van der Waals surface area contributed by atoms with Gasteiger partial charge >= 0.3 is 0 Å². The van der Waals surface area contributed by atoms with E-state index >= 15 is 0 Å². The van der Waals surface area contributed by atoms with Gasteiger partial charge in [0.05, 0.1) is 12.2 Å². The number of rotatable bonds is 8. The Morgan fingerprint density at radius 1 is 1.06 bits per heavy atom. The molecule has 3 nitrogen and oxygen atoms in total. The predicted molar refractivity (Wildman–Crippen MR) is 73.5 cm³/mol. The highest BCUT2D eigenvalue weighted by molar-refractivity contribution is 4.81. The van der Waals surface area contributed by atoms with Gasteiger partial charge in [-0.2, -0.15) is 0 Å². The second-order valence-electron chi connectivity index (χ2n) is 5.89. The summed E-state index contributed by atoms with van der Waals surface area (Å²) < 4.78 is 6.07. The van der Waals surface area contributed by atoms with Gasteiger partial charge in [0.2, 0.25) is 0 Å². The third kappa shape index (κ3) is 5.68. The van der Waals surface area contributed by atoms with E-state index in [9.17, 15) is 0 Å². The van der Waals surface area contributed by atoms with Gasteiger partial charge in [0.15, 0.2) is 0 Å². The van der Waals surface area contributed by atoms with E-state index in [0.29, 0.717) is 31.2 Å². The van der Waals surface area contributed by atoms with Crippen LogP contribution in [0.4, 0.5) is 0 Å². The first-order chi connectivity index (χ1) is 8.67. The minimum Gasteiger partial charge on any atom is -0.396 e. The van der Waals surface area contributed by atoms with Gasteiger partial charge in [0, 0.05) is 13.2 Å². The summed E-state index contributed by atoms with van der Waals surface area (Å²) in [5.41, 5.74) is 0. The summed E-state index contributed by atoms with van der Waals surface area (Å²) in [6.45, 7) is 4.79. The zero-order chi connectivity index (χ0) is 13.4. The third-order valence-corrected chi connectivity index (χ3v) is 3.99. The van der Waals surface area contributed by atoms with Crippen molar-refractivity contribution in [3.05, 3.63) is 0 Å². The number of aliphatic hydroxyl groups is 2. The Hall–Kier alpha value is -0.120. The van der Waals surface area contributed by atoms with Crippen molar-refractivity contribution < 1.29 is 14.9 Å². The van der Waals surface area contributed by atoms with Gasteiger partial charge in [-0.05, 0) is 70.6 Å². The molecular formula is C15H30O3. The maximum Gasteiger partial charge on any atom is 0.0609 e. The van der Waals surface area contributed by atoms with Crippen molar-refractivity contribution in [1.82, 2.24) is 0 Å². The van der Waals surface area contributed by atoms with Gasteiger partial charge in [0.25, 0.3) is 0 Å². The highest BCUT2D eigenvalue weighted by Crippen LogP contribution is 2.36. The molecule has 1 saturated carbocycles. The van der Waals surface area contributed by atoms with E-state index in [4.69, 9.17) is 14.9 Å². The number of aliphatic hydroxyl groups excluding tert-OH is 2. The summed E-state index contributed by atoms with van der Waals surface area (Å²) in [4.78, 5) is 0. The van der Waals surface area contributed by atoms with Gasteiger partial charge in [-0.3, -0.25) is 0 Å². The molecule has 0 aromatic carbocycles. The molecule has 0 radical (unpaired) electrons. The smallest absolute Gasteiger partial charge is 0.0609 e. The van der Waals surface area contributed by atoms with E-state index in [1.165, 1.54) is 12.8 Å². The molecule has 0 bridgehead atoms. The summed E-state index contributed by atoms with van der Waals surface area (Å²) in [6, 6.07) is 0. The Kier molecular flexibility index (Phi) is 7.87. The topological polar surface area (TPSA) is 49.7 Å². The molecule has 0 aromatic rings. The molecule has 1 aliphatic carbocycles. The summed E-state index contributed by atoms with van der Waals surface area (Å²) in [6.07, 6.45) is 8.26. The molecule has 0 aliphatic heterocycles. The molecule has 0 saturated heterocycles. The van der Waals surface area contributed by atoms with E-state index < -0.39 is 0 Å². The summed E-state index contributed by atoms with van der Waals surface area (Å²) in [7, 11) is 0. The largest absolute Gasteiger partial charge is 0.396 e. The fourth-order valence-corrected chi connectivity index (χ4v) is 3.12. The average molecular weight is 258 g/mol. The summed E-state index contributed by atoms with van der Waals surface area (Å²) >= 11 is 0. The summed E-state index contributed by atoms with van der Waals surface area (Å²) in [5.74, 6) is 1.33. The molecule has 1 fully saturated rings. The average Bonchev–Trinajstić information content (AvgIpc) is 2.34. The van der Waals surface area contributed by atoms with Crippen molar-refractivity contribution >= 4 is 0 Å². The Morgan fingerprint density at radius 2 is 1.72 bits per heavy atom. The SMILES string of the molecule is CC(C)OC1CC(CCCO)CCC1CCCO. The van der Waals surface area contributed by atoms with Crippen LogP contribution < -0.4 is 0 Å². The molecule has 0 heterocycles. The lowest BCUT2D eigenvalue weighted by molar-refractivity contribution is -0.0616. The lowest BCUT2D eigenvalue weighted by Gasteiger charge is -2.37. The van der Waals surface area contributed by atoms with Crippen LogP contribution in [-0.2, 0) is 4.74 Å². The first-order valence-corrected chi connectivity index (χ1v) is 7.54. The van der Waals surface area contributed by atoms with Crippen molar-refractivity contribution in [2.45, 2.75) is 71.0 Å². The van der Waals surface area contributed by atoms with Gasteiger partial charge in [-0.15, -0.1) is 0 Å². The molecular weight excluding hydrogens is 228 g/mol. The van der Waals surface area contributed by atoms with Gasteiger partial charge < -0.3 is 14.9 Å². The Labute approximate surface area is 112 Å². The molecule has 0 spiro atoms. The van der Waals surface area contributed by atoms with Crippen molar-refractivity contribution in [3.63, 3.8) is 0 Å². The van der Waals surface area contributed by atoms with Crippen LogP contribution in [0.15, 0.2) is 0 Å². The minimum absolute atomic E-state index is 0.281. The van der Waals surface area contributed by atoms with Crippen molar-refractivity contribution in [2.24, 2.45) is 11.8 Å². The molecule has 18 heavy (non-hydrogen) atoms. The quantitative estimate of drug-likeness (QED) is 0.704. The first kappa shape index (κ1) is 15.9. The normalized spacial score (nSPS) is 28.8. The number of hydrogen-bond acceptors (Lipinski definition) is 3. The van der Waals surface area contributed by atoms with Crippen LogP contribution in [0.2, 0.25) is 0 Å². The van der Waals surface area contributed by atoms with E-state index in [1.807, 2.05) is 0 Å². The lowest BCUT2D eigenvalue weighted by atomic mass is 9.76. The number of hydrogen-bond donors (Lipinski definition) is 2. The third-order valence-electron chi connectivity index (χ3n) is 3.99. The molecule has 0 amide bonds. The molecule has 2 N–H and O–H groups in total. The van der Waals surface area contributed by atoms with Crippen molar-refractivity contribution in [3.8, 4) is 0 Å². The van der Waals surface area contributed by atoms with Crippen LogP contribution >= 0.6 is 0 Å². The van der Waals surface area contributed by atoms with Crippen LogP contribution in [0.5, 0.6) is 0 Å². The van der Waals surface area contributed by atoms with Crippen LogP contribution in [0.1, 0.15) is 58.8 Å². The zero-order valence-electron chi connectivity index (χ0n) is 12.0. The minimum atomic E-state index is 0.281. The highest BCUT2D eigenvalue weighted by Gasteiger charge is 2.31. The van der Waals surface area contributed by atoms with Crippen LogP contribution in [0, 0.1) is 11.8 Å². The predicted octanol–water partition coefficient (Wildman–Crippen LogP) is 2.74. The summed E-state index contributed by atoms with van der Waals surface area (Å²) in [5, 5.41) is 17.9. The zero-order valence-corrected chi connectivity index (χ0v) is 12.0. The van der Waals surface area contributed by atoms with Crippen molar-refractivity contribution in [2.75, 3.05) is 13.2 Å². The van der Waals surface area contributed by atoms with Gasteiger partial charge in [-0.25, -0.2) is 0 Å². The maximum atomic E-state index is 8.96.